The molecule has 0 bridgehead atoms. The lowest BCUT2D eigenvalue weighted by molar-refractivity contribution is -0.137. The Hall–Kier alpha value is -1.79. The maximum Gasteiger partial charge on any atom is 0.305 e. The van der Waals surface area contributed by atoms with E-state index in [0.717, 1.165) is 10.0 Å². The molecule has 0 saturated heterocycles. The van der Waals surface area contributed by atoms with Crippen molar-refractivity contribution in [2.24, 2.45) is 7.05 Å². The molecule has 0 saturated carbocycles. The van der Waals surface area contributed by atoms with E-state index in [1.165, 1.54) is 4.90 Å². The lowest BCUT2D eigenvalue weighted by Crippen LogP contribution is -2.33. The number of carbonyl (C=O) groups is 2. The van der Waals surface area contributed by atoms with Crippen molar-refractivity contribution in [2.45, 2.75) is 13.0 Å². The molecule has 2 rings (SSSR count). The number of rotatable bonds is 6. The molecule has 1 amide bonds. The van der Waals surface area contributed by atoms with Crippen LogP contribution in [0.4, 0.5) is 0 Å². The summed E-state index contributed by atoms with van der Waals surface area (Å²) in [5, 5.41) is 9.38. The van der Waals surface area contributed by atoms with Crippen LogP contribution in [0, 0.1) is 0 Å². The van der Waals surface area contributed by atoms with Gasteiger partial charge in [0.15, 0.2) is 0 Å². The van der Waals surface area contributed by atoms with E-state index >= 15 is 0 Å². The van der Waals surface area contributed by atoms with Crippen LogP contribution in [-0.4, -0.2) is 33.0 Å². The Balaban J connectivity index is 2.24. The highest BCUT2D eigenvalue weighted by Gasteiger charge is 2.20. The number of aromatic nitrogens is 1. The minimum Gasteiger partial charge on any atom is -0.481 e. The monoisotopic (exact) mass is 398 g/mol. The largest absolute Gasteiger partial charge is 0.481 e. The molecule has 0 unspecified atom stereocenters. The van der Waals surface area contributed by atoms with Crippen molar-refractivity contribution in [3.05, 3.63) is 57.3 Å². The summed E-state index contributed by atoms with van der Waals surface area (Å²) in [7, 11) is 1.73. The van der Waals surface area contributed by atoms with E-state index in [9.17, 15) is 9.59 Å². The summed E-state index contributed by atoms with van der Waals surface area (Å²) in [5.41, 5.74) is 1.34. The van der Waals surface area contributed by atoms with Crippen molar-refractivity contribution in [3.63, 3.8) is 0 Å². The Labute approximate surface area is 147 Å². The van der Waals surface area contributed by atoms with Crippen LogP contribution in [0.1, 0.15) is 22.5 Å². The number of amides is 1. The average Bonchev–Trinajstić information content (AvgIpc) is 2.81. The molecule has 0 radical (unpaired) electrons. The molecule has 1 aromatic carbocycles. The number of halogens is 2. The van der Waals surface area contributed by atoms with Gasteiger partial charge in [-0.05, 0) is 23.8 Å². The molecule has 0 fully saturated rings. The molecular weight excluding hydrogens is 384 g/mol. The van der Waals surface area contributed by atoms with E-state index in [2.05, 4.69) is 15.9 Å². The summed E-state index contributed by atoms with van der Waals surface area (Å²) >= 11 is 9.32. The minimum absolute atomic E-state index is 0.113. The van der Waals surface area contributed by atoms with Crippen LogP contribution in [0.15, 0.2) is 41.0 Å². The van der Waals surface area contributed by atoms with Gasteiger partial charge in [0.05, 0.1) is 11.4 Å². The first-order chi connectivity index (χ1) is 10.9. The van der Waals surface area contributed by atoms with Gasteiger partial charge in [-0.2, -0.15) is 0 Å². The maximum absolute atomic E-state index is 12.7. The zero-order valence-electron chi connectivity index (χ0n) is 12.5. The molecule has 1 N–H and O–H groups in total. The van der Waals surface area contributed by atoms with Crippen LogP contribution in [0.25, 0.3) is 0 Å². The van der Waals surface area contributed by atoms with Crippen molar-refractivity contribution >= 4 is 39.4 Å². The Morgan fingerprint density at radius 3 is 2.65 bits per heavy atom. The Bertz CT molecular complexity index is 730. The van der Waals surface area contributed by atoms with Crippen LogP contribution in [0.5, 0.6) is 0 Å². The number of hydrogen-bond donors (Lipinski definition) is 1. The Morgan fingerprint density at radius 1 is 1.35 bits per heavy atom. The lowest BCUT2D eigenvalue weighted by atomic mass is 10.2. The van der Waals surface area contributed by atoms with E-state index in [0.29, 0.717) is 17.3 Å². The smallest absolute Gasteiger partial charge is 0.305 e. The third kappa shape index (κ3) is 4.84. The van der Waals surface area contributed by atoms with E-state index < -0.39 is 5.97 Å². The predicted octanol–water partition coefficient (Wildman–Crippen LogP) is 3.56. The second-order valence-corrected chi connectivity index (χ2v) is 6.51. The Morgan fingerprint density at radius 2 is 2.09 bits per heavy atom. The zero-order valence-corrected chi connectivity index (χ0v) is 14.8. The summed E-state index contributed by atoms with van der Waals surface area (Å²) in [4.78, 5) is 25.1. The number of benzene rings is 1. The molecule has 0 aliphatic rings. The molecule has 0 aliphatic carbocycles. The molecule has 122 valence electrons. The fraction of sp³-hybridized carbons (Fsp3) is 0.250. The molecule has 2 aromatic rings. The molecular formula is C16H16BrClN2O3. The maximum atomic E-state index is 12.7. The Kier molecular flexibility index (Phi) is 5.85. The van der Waals surface area contributed by atoms with E-state index in [-0.39, 0.29) is 18.9 Å². The van der Waals surface area contributed by atoms with Gasteiger partial charge in [0.1, 0.15) is 5.69 Å². The van der Waals surface area contributed by atoms with E-state index in [4.69, 9.17) is 16.7 Å². The van der Waals surface area contributed by atoms with Crippen LogP contribution in [-0.2, 0) is 18.4 Å². The lowest BCUT2D eigenvalue weighted by Gasteiger charge is -2.22. The second kappa shape index (κ2) is 7.66. The van der Waals surface area contributed by atoms with Crippen molar-refractivity contribution in [1.29, 1.82) is 0 Å². The topological polar surface area (TPSA) is 62.5 Å². The standard InChI is InChI=1S/C16H16BrClN2O3/c1-19-10-13(18)8-14(19)16(23)20(6-5-15(21)22)9-11-3-2-4-12(17)7-11/h2-4,7-8,10H,5-6,9H2,1H3,(H,21,22). The summed E-state index contributed by atoms with van der Waals surface area (Å²) in [5.74, 6) is -1.19. The van der Waals surface area contributed by atoms with E-state index in [1.54, 1.807) is 23.9 Å². The highest BCUT2D eigenvalue weighted by Crippen LogP contribution is 2.18. The van der Waals surface area contributed by atoms with Gasteiger partial charge in [0.25, 0.3) is 5.91 Å². The van der Waals surface area contributed by atoms with Gasteiger partial charge in [-0.1, -0.05) is 39.7 Å². The van der Waals surface area contributed by atoms with Crippen molar-refractivity contribution < 1.29 is 14.7 Å². The molecule has 23 heavy (non-hydrogen) atoms. The van der Waals surface area contributed by atoms with Crippen molar-refractivity contribution in [1.82, 2.24) is 9.47 Å². The van der Waals surface area contributed by atoms with E-state index in [1.807, 2.05) is 24.3 Å². The highest BCUT2D eigenvalue weighted by atomic mass is 79.9. The molecule has 5 nitrogen and oxygen atoms in total. The quantitative estimate of drug-likeness (QED) is 0.808. The van der Waals surface area contributed by atoms with Gasteiger partial charge < -0.3 is 14.6 Å². The SMILES string of the molecule is Cn1cc(Cl)cc1C(=O)N(CCC(=O)O)Cc1cccc(Br)c1. The van der Waals surface area contributed by atoms with Crippen molar-refractivity contribution in [3.8, 4) is 0 Å². The summed E-state index contributed by atoms with van der Waals surface area (Å²) < 4.78 is 2.54. The number of nitrogens with zero attached hydrogens (tertiary/aromatic N) is 2. The van der Waals surface area contributed by atoms with Crippen LogP contribution >= 0.6 is 27.5 Å². The fourth-order valence-corrected chi connectivity index (χ4v) is 2.93. The molecule has 0 spiro atoms. The summed E-state index contributed by atoms with van der Waals surface area (Å²) in [6.07, 6.45) is 1.53. The van der Waals surface area contributed by atoms with Gasteiger partial charge in [0, 0.05) is 30.8 Å². The zero-order chi connectivity index (χ0) is 17.0. The van der Waals surface area contributed by atoms with Gasteiger partial charge >= 0.3 is 5.97 Å². The molecule has 0 aliphatic heterocycles. The van der Waals surface area contributed by atoms with Gasteiger partial charge in [0.2, 0.25) is 0 Å². The van der Waals surface area contributed by atoms with Crippen LogP contribution in [0.3, 0.4) is 0 Å². The summed E-state index contributed by atoms with van der Waals surface area (Å²) in [6.45, 7) is 0.456. The average molecular weight is 400 g/mol. The van der Waals surface area contributed by atoms with Gasteiger partial charge in [-0.25, -0.2) is 0 Å². The molecule has 0 atom stereocenters. The number of carbonyl (C=O) groups excluding carboxylic acids is 1. The normalized spacial score (nSPS) is 10.6. The number of carboxylic acids is 1. The molecule has 1 aromatic heterocycles. The minimum atomic E-state index is -0.943. The first kappa shape index (κ1) is 17.6. The number of hydrogen-bond acceptors (Lipinski definition) is 2. The fourth-order valence-electron chi connectivity index (χ4n) is 2.24. The molecule has 1 heterocycles. The van der Waals surface area contributed by atoms with Gasteiger partial charge in [-0.3, -0.25) is 9.59 Å². The third-order valence-corrected chi connectivity index (χ3v) is 4.04. The first-order valence-electron chi connectivity index (χ1n) is 6.94. The highest BCUT2D eigenvalue weighted by molar-refractivity contribution is 9.10. The third-order valence-electron chi connectivity index (χ3n) is 3.34. The van der Waals surface area contributed by atoms with Crippen LogP contribution < -0.4 is 0 Å². The summed E-state index contributed by atoms with van der Waals surface area (Å²) in [6, 6.07) is 9.14. The number of carboxylic acid groups (broad SMARTS) is 1. The van der Waals surface area contributed by atoms with Gasteiger partial charge in [-0.15, -0.1) is 0 Å². The predicted molar refractivity (Wildman–Crippen MR) is 91.6 cm³/mol. The van der Waals surface area contributed by atoms with Crippen LogP contribution in [0.2, 0.25) is 5.02 Å². The first-order valence-corrected chi connectivity index (χ1v) is 8.11. The van der Waals surface area contributed by atoms with Crippen molar-refractivity contribution in [2.75, 3.05) is 6.54 Å². The number of aryl methyl sites for hydroxylation is 1. The second-order valence-electron chi connectivity index (χ2n) is 5.15. The number of aliphatic carboxylic acids is 1. The molecule has 7 heteroatoms.